The second-order valence-corrected chi connectivity index (χ2v) is 6.61. The molecule has 6 heteroatoms. The zero-order valence-corrected chi connectivity index (χ0v) is 13.5. The molecule has 2 saturated heterocycles. The van der Waals surface area contributed by atoms with Crippen LogP contribution in [0.5, 0.6) is 0 Å². The third-order valence-corrected chi connectivity index (χ3v) is 5.28. The van der Waals surface area contributed by atoms with Crippen LogP contribution in [0.3, 0.4) is 0 Å². The van der Waals surface area contributed by atoms with Crippen LogP contribution in [-0.4, -0.2) is 48.2 Å². The summed E-state index contributed by atoms with van der Waals surface area (Å²) >= 11 is 0. The number of carbonyl (C=O) groups is 2. The van der Waals surface area contributed by atoms with E-state index in [1.165, 1.54) is 12.1 Å². The highest BCUT2D eigenvalue weighted by molar-refractivity contribution is 5.88. The van der Waals surface area contributed by atoms with Gasteiger partial charge in [0, 0.05) is 26.3 Å². The summed E-state index contributed by atoms with van der Waals surface area (Å²) in [5, 5.41) is 9.11. The average molecular weight is 335 g/mol. The number of hydrogen-bond donors (Lipinski definition) is 1. The standard InChI is InChI=1S/C18H22FNO4/c19-15-3-1-14(2-4-15)18(7-11-24-12-8-18)17(23)20-9-5-13(6-10-20)16(21)22/h1-4,13H,5-12H2,(H,21,22). The largest absolute Gasteiger partial charge is 0.481 e. The predicted octanol–water partition coefficient (Wildman–Crippen LogP) is 2.20. The van der Waals surface area contributed by atoms with Gasteiger partial charge in [-0.05, 0) is 43.4 Å². The van der Waals surface area contributed by atoms with Crippen molar-refractivity contribution in [3.05, 3.63) is 35.6 Å². The monoisotopic (exact) mass is 335 g/mol. The fraction of sp³-hybridized carbons (Fsp3) is 0.556. The summed E-state index contributed by atoms with van der Waals surface area (Å²) in [5.41, 5.74) is 0.125. The van der Waals surface area contributed by atoms with Crippen LogP contribution in [0.4, 0.5) is 4.39 Å². The molecule has 130 valence electrons. The number of aliphatic carboxylic acids is 1. The molecule has 2 fully saturated rings. The Morgan fingerprint density at radius 3 is 2.25 bits per heavy atom. The fourth-order valence-corrected chi connectivity index (χ4v) is 3.75. The summed E-state index contributed by atoms with van der Waals surface area (Å²) in [6.45, 7) is 1.91. The minimum atomic E-state index is -0.790. The molecule has 0 atom stereocenters. The highest BCUT2D eigenvalue weighted by Gasteiger charge is 2.45. The smallest absolute Gasteiger partial charge is 0.306 e. The number of carboxylic acids is 1. The zero-order chi connectivity index (χ0) is 17.2. The number of rotatable bonds is 3. The van der Waals surface area contributed by atoms with Gasteiger partial charge < -0.3 is 14.7 Å². The second kappa shape index (κ2) is 6.89. The molecule has 1 amide bonds. The summed E-state index contributed by atoms with van der Waals surface area (Å²) in [6.07, 6.45) is 2.10. The van der Waals surface area contributed by atoms with Crippen LogP contribution >= 0.6 is 0 Å². The van der Waals surface area contributed by atoms with Crippen molar-refractivity contribution in [1.82, 2.24) is 4.90 Å². The lowest BCUT2D eigenvalue weighted by atomic mass is 9.72. The molecule has 2 aliphatic heterocycles. The van der Waals surface area contributed by atoms with Crippen LogP contribution in [0, 0.1) is 11.7 Å². The third-order valence-electron chi connectivity index (χ3n) is 5.28. The number of ether oxygens (including phenoxy) is 1. The Bertz CT molecular complexity index is 602. The average Bonchev–Trinajstić information content (AvgIpc) is 2.62. The number of hydrogen-bond acceptors (Lipinski definition) is 3. The van der Waals surface area contributed by atoms with Crippen molar-refractivity contribution in [3.8, 4) is 0 Å². The Morgan fingerprint density at radius 1 is 1.12 bits per heavy atom. The van der Waals surface area contributed by atoms with Crippen LogP contribution in [0.25, 0.3) is 0 Å². The van der Waals surface area contributed by atoms with Gasteiger partial charge in [0.2, 0.25) is 5.91 Å². The van der Waals surface area contributed by atoms with E-state index in [9.17, 15) is 14.0 Å². The lowest BCUT2D eigenvalue weighted by Gasteiger charge is -2.42. The van der Waals surface area contributed by atoms with Crippen LogP contribution in [0.15, 0.2) is 24.3 Å². The maximum atomic E-state index is 13.3. The van der Waals surface area contributed by atoms with Gasteiger partial charge in [0.25, 0.3) is 0 Å². The molecular formula is C18H22FNO4. The van der Waals surface area contributed by atoms with Crippen molar-refractivity contribution < 1.29 is 23.8 Å². The van der Waals surface area contributed by atoms with Gasteiger partial charge in [0.1, 0.15) is 5.82 Å². The first-order chi connectivity index (χ1) is 11.5. The van der Waals surface area contributed by atoms with E-state index in [1.807, 2.05) is 0 Å². The summed E-state index contributed by atoms with van der Waals surface area (Å²) in [7, 11) is 0. The van der Waals surface area contributed by atoms with Gasteiger partial charge in [0.15, 0.2) is 0 Å². The SMILES string of the molecule is O=C(O)C1CCN(C(=O)C2(c3ccc(F)cc3)CCOCC2)CC1. The maximum absolute atomic E-state index is 13.3. The molecule has 0 saturated carbocycles. The van der Waals surface area contributed by atoms with E-state index in [0.717, 1.165) is 5.56 Å². The maximum Gasteiger partial charge on any atom is 0.306 e. The molecule has 2 aliphatic rings. The molecule has 1 aromatic rings. The van der Waals surface area contributed by atoms with Crippen LogP contribution in [0.1, 0.15) is 31.2 Å². The molecule has 2 heterocycles. The number of piperidine rings is 1. The van der Waals surface area contributed by atoms with E-state index < -0.39 is 11.4 Å². The molecule has 0 spiro atoms. The van der Waals surface area contributed by atoms with Crippen molar-refractivity contribution >= 4 is 11.9 Å². The molecule has 3 rings (SSSR count). The number of nitrogens with zero attached hydrogens (tertiary/aromatic N) is 1. The summed E-state index contributed by atoms with van der Waals surface area (Å²) < 4.78 is 18.7. The molecule has 0 unspecified atom stereocenters. The van der Waals surface area contributed by atoms with Gasteiger partial charge >= 0.3 is 5.97 Å². The van der Waals surface area contributed by atoms with E-state index in [-0.39, 0.29) is 17.6 Å². The molecule has 24 heavy (non-hydrogen) atoms. The van der Waals surface area contributed by atoms with Gasteiger partial charge in [-0.3, -0.25) is 9.59 Å². The number of benzene rings is 1. The first kappa shape index (κ1) is 16.9. The number of carboxylic acid groups (broad SMARTS) is 1. The number of likely N-dealkylation sites (tertiary alicyclic amines) is 1. The lowest BCUT2D eigenvalue weighted by molar-refractivity contribution is -0.149. The quantitative estimate of drug-likeness (QED) is 0.919. The van der Waals surface area contributed by atoms with Crippen molar-refractivity contribution in [1.29, 1.82) is 0 Å². The first-order valence-corrected chi connectivity index (χ1v) is 8.39. The Labute approximate surface area is 140 Å². The molecule has 5 nitrogen and oxygen atoms in total. The Hall–Kier alpha value is -1.95. The van der Waals surface area contributed by atoms with Gasteiger partial charge in [-0.1, -0.05) is 12.1 Å². The van der Waals surface area contributed by atoms with E-state index in [4.69, 9.17) is 9.84 Å². The second-order valence-electron chi connectivity index (χ2n) is 6.61. The number of halogens is 1. The Kier molecular flexibility index (Phi) is 4.85. The molecule has 1 N–H and O–H groups in total. The van der Waals surface area contributed by atoms with Crippen molar-refractivity contribution in [3.63, 3.8) is 0 Å². The van der Waals surface area contributed by atoms with E-state index in [0.29, 0.717) is 52.0 Å². The van der Waals surface area contributed by atoms with Crippen LogP contribution in [0.2, 0.25) is 0 Å². The van der Waals surface area contributed by atoms with Gasteiger partial charge in [0.05, 0.1) is 11.3 Å². The van der Waals surface area contributed by atoms with Crippen LogP contribution < -0.4 is 0 Å². The molecule has 0 bridgehead atoms. The van der Waals surface area contributed by atoms with Gasteiger partial charge in [-0.2, -0.15) is 0 Å². The number of amides is 1. The highest BCUT2D eigenvalue weighted by Crippen LogP contribution is 2.38. The lowest BCUT2D eigenvalue weighted by Crippen LogP contribution is -2.52. The predicted molar refractivity (Wildman–Crippen MR) is 85.1 cm³/mol. The van der Waals surface area contributed by atoms with E-state index in [1.54, 1.807) is 17.0 Å². The topological polar surface area (TPSA) is 66.8 Å². The highest BCUT2D eigenvalue weighted by atomic mass is 19.1. The Balaban J connectivity index is 1.82. The molecule has 1 aromatic carbocycles. The first-order valence-electron chi connectivity index (χ1n) is 8.39. The minimum absolute atomic E-state index is 0.0150. The van der Waals surface area contributed by atoms with Gasteiger partial charge in [-0.15, -0.1) is 0 Å². The number of carbonyl (C=O) groups excluding carboxylic acids is 1. The van der Waals surface area contributed by atoms with Crippen molar-refractivity contribution in [2.45, 2.75) is 31.1 Å². The molecule has 0 aliphatic carbocycles. The normalized spacial score (nSPS) is 21.5. The summed E-state index contributed by atoms with van der Waals surface area (Å²) in [4.78, 5) is 26.1. The van der Waals surface area contributed by atoms with E-state index >= 15 is 0 Å². The van der Waals surface area contributed by atoms with Gasteiger partial charge in [-0.25, -0.2) is 4.39 Å². The van der Waals surface area contributed by atoms with Crippen LogP contribution in [-0.2, 0) is 19.7 Å². The molecule has 0 radical (unpaired) electrons. The minimum Gasteiger partial charge on any atom is -0.481 e. The molecular weight excluding hydrogens is 313 g/mol. The van der Waals surface area contributed by atoms with E-state index in [2.05, 4.69) is 0 Å². The third kappa shape index (κ3) is 3.15. The summed E-state index contributed by atoms with van der Waals surface area (Å²) in [6, 6.07) is 6.14. The Morgan fingerprint density at radius 2 is 1.71 bits per heavy atom. The fourth-order valence-electron chi connectivity index (χ4n) is 3.75. The zero-order valence-electron chi connectivity index (χ0n) is 13.5. The van der Waals surface area contributed by atoms with Crippen molar-refractivity contribution in [2.24, 2.45) is 5.92 Å². The summed E-state index contributed by atoms with van der Waals surface area (Å²) in [5.74, 6) is -1.47. The van der Waals surface area contributed by atoms with Crippen molar-refractivity contribution in [2.75, 3.05) is 26.3 Å². The molecule has 0 aromatic heterocycles.